The molecule has 1 N–H and O–H groups in total. The van der Waals surface area contributed by atoms with E-state index in [0.717, 1.165) is 35.8 Å². The maximum Gasteiger partial charge on any atom is 0.138 e. The maximum atomic E-state index is 5.16. The minimum absolute atomic E-state index is 0.743. The normalized spacial score (nSPS) is 11.0. The zero-order valence-electron chi connectivity index (χ0n) is 12.0. The first-order valence-electron chi connectivity index (χ1n) is 6.45. The number of aromatic nitrogens is 1. The van der Waals surface area contributed by atoms with Crippen LogP contribution in [-0.2, 0) is 13.1 Å². The van der Waals surface area contributed by atoms with Crippen molar-refractivity contribution in [3.05, 3.63) is 46.8 Å². The second kappa shape index (κ2) is 5.89. The number of benzene rings is 1. The maximum absolute atomic E-state index is 5.16. The fourth-order valence-electron chi connectivity index (χ4n) is 2.09. The summed E-state index contributed by atoms with van der Waals surface area (Å²) in [6, 6.07) is 8.48. The molecule has 2 rings (SSSR count). The fourth-order valence-corrected chi connectivity index (χ4v) is 2.09. The Morgan fingerprint density at radius 2 is 2.05 bits per heavy atom. The number of hydrogen-bond acceptors (Lipinski definition) is 4. The van der Waals surface area contributed by atoms with E-state index in [1.54, 1.807) is 0 Å². The number of nitrogens with zero attached hydrogens (tertiary/aromatic N) is 2. The molecule has 2 aromatic rings. The molecule has 0 aliphatic rings. The van der Waals surface area contributed by atoms with E-state index in [1.807, 2.05) is 13.8 Å². The zero-order valence-corrected chi connectivity index (χ0v) is 12.0. The van der Waals surface area contributed by atoms with Gasteiger partial charge in [-0.15, -0.1) is 0 Å². The Morgan fingerprint density at radius 3 is 2.68 bits per heavy atom. The van der Waals surface area contributed by atoms with Crippen molar-refractivity contribution >= 4 is 5.69 Å². The number of rotatable bonds is 5. The fraction of sp³-hybridized carbons (Fsp3) is 0.400. The summed E-state index contributed by atoms with van der Waals surface area (Å²) in [4.78, 5) is 2.16. The predicted molar refractivity (Wildman–Crippen MR) is 77.1 cm³/mol. The van der Waals surface area contributed by atoms with Crippen LogP contribution in [-0.4, -0.2) is 24.2 Å². The highest BCUT2D eigenvalue weighted by Gasteiger charge is 2.08. The quantitative estimate of drug-likeness (QED) is 0.896. The van der Waals surface area contributed by atoms with Gasteiger partial charge in [0.2, 0.25) is 0 Å². The molecule has 19 heavy (non-hydrogen) atoms. The van der Waals surface area contributed by atoms with Gasteiger partial charge in [-0.1, -0.05) is 17.3 Å². The molecule has 0 atom stereocenters. The lowest BCUT2D eigenvalue weighted by atomic mass is 10.1. The third-order valence-corrected chi connectivity index (χ3v) is 3.08. The standard InChI is InChI=1S/C15H21N3O/c1-11-15(12(2)19-17-11)9-16-14-7-5-6-13(8-14)10-18(3)4/h5-8,16H,9-10H2,1-4H3. The van der Waals surface area contributed by atoms with E-state index in [0.29, 0.717) is 0 Å². The number of nitrogens with one attached hydrogen (secondary N) is 1. The summed E-state index contributed by atoms with van der Waals surface area (Å²) in [6.07, 6.45) is 0. The predicted octanol–water partition coefficient (Wildman–Crippen LogP) is 2.97. The third-order valence-electron chi connectivity index (χ3n) is 3.08. The molecule has 4 heteroatoms. The van der Waals surface area contributed by atoms with Crippen LogP contribution < -0.4 is 5.32 Å². The smallest absolute Gasteiger partial charge is 0.138 e. The van der Waals surface area contributed by atoms with E-state index in [2.05, 4.69) is 53.7 Å². The molecule has 0 radical (unpaired) electrons. The SMILES string of the molecule is Cc1noc(C)c1CNc1cccc(CN(C)C)c1. The van der Waals surface area contributed by atoms with Gasteiger partial charge < -0.3 is 14.7 Å². The number of aryl methyl sites for hydroxylation is 2. The average Bonchev–Trinajstić information content (AvgIpc) is 2.66. The highest BCUT2D eigenvalue weighted by Crippen LogP contribution is 2.16. The molecule has 1 heterocycles. The van der Waals surface area contributed by atoms with Gasteiger partial charge in [-0.3, -0.25) is 0 Å². The molecule has 1 aromatic carbocycles. The van der Waals surface area contributed by atoms with Crippen molar-refractivity contribution in [3.8, 4) is 0 Å². The van der Waals surface area contributed by atoms with Gasteiger partial charge in [-0.2, -0.15) is 0 Å². The molecule has 0 saturated heterocycles. The molecule has 0 aliphatic heterocycles. The van der Waals surface area contributed by atoms with E-state index in [9.17, 15) is 0 Å². The highest BCUT2D eigenvalue weighted by molar-refractivity contribution is 5.46. The van der Waals surface area contributed by atoms with Crippen LogP contribution in [0.25, 0.3) is 0 Å². The zero-order chi connectivity index (χ0) is 13.8. The minimum Gasteiger partial charge on any atom is -0.381 e. The van der Waals surface area contributed by atoms with Gasteiger partial charge in [0.05, 0.1) is 5.69 Å². The molecule has 0 amide bonds. The monoisotopic (exact) mass is 259 g/mol. The Labute approximate surface area is 114 Å². The molecule has 4 nitrogen and oxygen atoms in total. The van der Waals surface area contributed by atoms with Crippen LogP contribution in [0, 0.1) is 13.8 Å². The summed E-state index contributed by atoms with van der Waals surface area (Å²) in [7, 11) is 4.15. The van der Waals surface area contributed by atoms with Crippen LogP contribution in [0.4, 0.5) is 5.69 Å². The Kier molecular flexibility index (Phi) is 4.22. The molecule has 0 spiro atoms. The lowest BCUT2D eigenvalue weighted by molar-refractivity contribution is 0.392. The molecule has 1 aromatic heterocycles. The number of hydrogen-bond donors (Lipinski definition) is 1. The Hall–Kier alpha value is -1.81. The first-order valence-corrected chi connectivity index (χ1v) is 6.45. The highest BCUT2D eigenvalue weighted by atomic mass is 16.5. The largest absolute Gasteiger partial charge is 0.381 e. The van der Waals surface area contributed by atoms with Crippen LogP contribution in [0.2, 0.25) is 0 Å². The second-order valence-electron chi connectivity index (χ2n) is 5.09. The van der Waals surface area contributed by atoms with Gasteiger partial charge in [-0.05, 0) is 45.6 Å². The van der Waals surface area contributed by atoms with E-state index >= 15 is 0 Å². The summed E-state index contributed by atoms with van der Waals surface area (Å²) < 4.78 is 5.16. The van der Waals surface area contributed by atoms with Gasteiger partial charge in [0.25, 0.3) is 0 Å². The van der Waals surface area contributed by atoms with Crippen molar-refractivity contribution in [3.63, 3.8) is 0 Å². The van der Waals surface area contributed by atoms with Crippen LogP contribution in [0.3, 0.4) is 0 Å². The lowest BCUT2D eigenvalue weighted by Gasteiger charge is -2.12. The van der Waals surface area contributed by atoms with E-state index in [1.165, 1.54) is 5.56 Å². The third kappa shape index (κ3) is 3.58. The topological polar surface area (TPSA) is 41.3 Å². The van der Waals surface area contributed by atoms with Crippen molar-refractivity contribution in [2.45, 2.75) is 26.9 Å². The lowest BCUT2D eigenvalue weighted by Crippen LogP contribution is -2.10. The van der Waals surface area contributed by atoms with Crippen molar-refractivity contribution in [2.75, 3.05) is 19.4 Å². The van der Waals surface area contributed by atoms with E-state index < -0.39 is 0 Å². The summed E-state index contributed by atoms with van der Waals surface area (Å²) >= 11 is 0. The molecular formula is C15H21N3O. The van der Waals surface area contributed by atoms with Crippen LogP contribution in [0.5, 0.6) is 0 Å². The number of anilines is 1. The average molecular weight is 259 g/mol. The van der Waals surface area contributed by atoms with Crippen LogP contribution >= 0.6 is 0 Å². The second-order valence-corrected chi connectivity index (χ2v) is 5.09. The van der Waals surface area contributed by atoms with Crippen LogP contribution in [0.15, 0.2) is 28.8 Å². The van der Waals surface area contributed by atoms with Crippen molar-refractivity contribution in [2.24, 2.45) is 0 Å². The van der Waals surface area contributed by atoms with E-state index in [-0.39, 0.29) is 0 Å². The summed E-state index contributed by atoms with van der Waals surface area (Å²) in [5.74, 6) is 0.884. The van der Waals surface area contributed by atoms with Gasteiger partial charge in [0.15, 0.2) is 0 Å². The summed E-state index contributed by atoms with van der Waals surface area (Å²) in [5.41, 5.74) is 4.51. The first-order chi connectivity index (χ1) is 9.06. The van der Waals surface area contributed by atoms with E-state index in [4.69, 9.17) is 4.52 Å². The minimum atomic E-state index is 0.743. The molecule has 0 fully saturated rings. The Balaban J connectivity index is 2.03. The molecule has 102 valence electrons. The van der Waals surface area contributed by atoms with Crippen LogP contribution in [0.1, 0.15) is 22.6 Å². The molecule has 0 aliphatic carbocycles. The Bertz CT molecular complexity index is 527. The van der Waals surface area contributed by atoms with Gasteiger partial charge >= 0.3 is 0 Å². The van der Waals surface area contributed by atoms with Gasteiger partial charge in [0, 0.05) is 24.3 Å². The van der Waals surface area contributed by atoms with Crippen molar-refractivity contribution < 1.29 is 4.52 Å². The first kappa shape index (κ1) is 13.6. The molecule has 0 unspecified atom stereocenters. The van der Waals surface area contributed by atoms with Gasteiger partial charge in [-0.25, -0.2) is 0 Å². The Morgan fingerprint density at radius 1 is 1.26 bits per heavy atom. The summed E-state index contributed by atoms with van der Waals surface area (Å²) in [5, 5.41) is 7.39. The molecule has 0 saturated carbocycles. The molecule has 0 bridgehead atoms. The van der Waals surface area contributed by atoms with Crippen molar-refractivity contribution in [1.82, 2.24) is 10.1 Å². The summed E-state index contributed by atoms with van der Waals surface area (Å²) in [6.45, 7) is 5.60. The van der Waals surface area contributed by atoms with Gasteiger partial charge in [0.1, 0.15) is 5.76 Å². The van der Waals surface area contributed by atoms with Crippen molar-refractivity contribution in [1.29, 1.82) is 0 Å². The molecular weight excluding hydrogens is 238 g/mol.